The highest BCUT2D eigenvalue weighted by Gasteiger charge is 2.20. The molecule has 0 aliphatic heterocycles. The average molecular weight is 267 g/mol. The summed E-state index contributed by atoms with van der Waals surface area (Å²) >= 11 is 0. The molecule has 4 nitrogen and oxygen atoms in total. The van der Waals surface area contributed by atoms with Gasteiger partial charge in [-0.25, -0.2) is 8.78 Å². The van der Waals surface area contributed by atoms with E-state index in [-0.39, 0.29) is 12.1 Å². The number of nitrogens with one attached hydrogen (secondary N) is 1. The van der Waals surface area contributed by atoms with Crippen LogP contribution < -0.4 is 5.32 Å². The van der Waals surface area contributed by atoms with E-state index in [1.165, 1.54) is 12.3 Å². The molecule has 19 heavy (non-hydrogen) atoms. The predicted molar refractivity (Wildman–Crippen MR) is 62.3 cm³/mol. The summed E-state index contributed by atoms with van der Waals surface area (Å²) in [7, 11) is 0. The standard InChI is InChI=1S/C13H11F2NO3/c14-10-4-3-8(6-11(10)15)12(13(17)18)16-7-9-2-1-5-19-9/h1-6,12,16H,7H2,(H,17,18). The van der Waals surface area contributed by atoms with Gasteiger partial charge in [-0.1, -0.05) is 6.07 Å². The van der Waals surface area contributed by atoms with Crippen LogP contribution >= 0.6 is 0 Å². The van der Waals surface area contributed by atoms with Gasteiger partial charge in [-0.05, 0) is 29.8 Å². The van der Waals surface area contributed by atoms with Crippen molar-refractivity contribution in [2.24, 2.45) is 0 Å². The zero-order chi connectivity index (χ0) is 13.8. The zero-order valence-corrected chi connectivity index (χ0v) is 9.77. The molecule has 6 heteroatoms. The van der Waals surface area contributed by atoms with Gasteiger partial charge in [-0.15, -0.1) is 0 Å². The molecule has 0 saturated carbocycles. The van der Waals surface area contributed by atoms with E-state index in [1.807, 2.05) is 0 Å². The van der Waals surface area contributed by atoms with Crippen molar-refractivity contribution in [2.75, 3.05) is 0 Å². The van der Waals surface area contributed by atoms with Crippen molar-refractivity contribution >= 4 is 5.97 Å². The minimum absolute atomic E-state index is 0.137. The van der Waals surface area contributed by atoms with E-state index in [0.717, 1.165) is 12.1 Å². The Morgan fingerprint density at radius 3 is 2.68 bits per heavy atom. The van der Waals surface area contributed by atoms with Crippen molar-refractivity contribution in [3.63, 3.8) is 0 Å². The molecule has 0 bridgehead atoms. The maximum atomic E-state index is 13.1. The second-order valence-electron chi connectivity index (χ2n) is 3.91. The third-order valence-electron chi connectivity index (χ3n) is 2.58. The lowest BCUT2D eigenvalue weighted by molar-refractivity contribution is -0.139. The summed E-state index contributed by atoms with van der Waals surface area (Å²) in [5, 5.41) is 11.8. The van der Waals surface area contributed by atoms with Gasteiger partial charge in [0.25, 0.3) is 0 Å². The summed E-state index contributed by atoms with van der Waals surface area (Å²) in [6.07, 6.45) is 1.46. The summed E-state index contributed by atoms with van der Waals surface area (Å²) in [6, 6.07) is 5.20. The molecule has 0 fully saturated rings. The minimum Gasteiger partial charge on any atom is -0.480 e. The Hall–Kier alpha value is -2.21. The zero-order valence-electron chi connectivity index (χ0n) is 9.77. The van der Waals surface area contributed by atoms with E-state index in [9.17, 15) is 13.6 Å². The SMILES string of the molecule is O=C(O)C(NCc1ccco1)c1ccc(F)c(F)c1. The summed E-state index contributed by atoms with van der Waals surface area (Å²) in [5.74, 6) is -2.73. The lowest BCUT2D eigenvalue weighted by Gasteiger charge is -2.14. The first-order valence-electron chi connectivity index (χ1n) is 5.51. The summed E-state index contributed by atoms with van der Waals surface area (Å²) in [6.45, 7) is 0.170. The van der Waals surface area contributed by atoms with Gasteiger partial charge in [0.05, 0.1) is 12.8 Å². The molecule has 100 valence electrons. The van der Waals surface area contributed by atoms with Crippen molar-refractivity contribution < 1.29 is 23.1 Å². The second-order valence-corrected chi connectivity index (χ2v) is 3.91. The van der Waals surface area contributed by atoms with E-state index in [2.05, 4.69) is 5.32 Å². The van der Waals surface area contributed by atoms with Crippen molar-refractivity contribution in [1.82, 2.24) is 5.32 Å². The number of halogens is 2. The first kappa shape index (κ1) is 13.2. The molecule has 2 rings (SSSR count). The van der Waals surface area contributed by atoms with Gasteiger partial charge in [-0.3, -0.25) is 10.1 Å². The van der Waals surface area contributed by atoms with Crippen LogP contribution in [0, 0.1) is 11.6 Å². The topological polar surface area (TPSA) is 62.5 Å². The smallest absolute Gasteiger partial charge is 0.325 e. The first-order chi connectivity index (χ1) is 9.08. The van der Waals surface area contributed by atoms with Gasteiger partial charge >= 0.3 is 5.97 Å². The number of hydrogen-bond acceptors (Lipinski definition) is 3. The second kappa shape index (κ2) is 5.62. The lowest BCUT2D eigenvalue weighted by Crippen LogP contribution is -2.28. The van der Waals surface area contributed by atoms with Crippen LogP contribution in [0.2, 0.25) is 0 Å². The van der Waals surface area contributed by atoms with E-state index in [0.29, 0.717) is 5.76 Å². The summed E-state index contributed by atoms with van der Waals surface area (Å²) in [4.78, 5) is 11.1. The van der Waals surface area contributed by atoms with E-state index < -0.39 is 23.6 Å². The molecule has 1 atom stereocenters. The average Bonchev–Trinajstić information content (AvgIpc) is 2.86. The Balaban J connectivity index is 2.15. The van der Waals surface area contributed by atoms with Crippen LogP contribution in [-0.4, -0.2) is 11.1 Å². The fraction of sp³-hybridized carbons (Fsp3) is 0.154. The molecular weight excluding hydrogens is 256 g/mol. The van der Waals surface area contributed by atoms with Crippen LogP contribution in [-0.2, 0) is 11.3 Å². The van der Waals surface area contributed by atoms with Gasteiger partial charge < -0.3 is 9.52 Å². The van der Waals surface area contributed by atoms with Crippen molar-refractivity contribution in [3.8, 4) is 0 Å². The van der Waals surface area contributed by atoms with Crippen LogP contribution in [0.1, 0.15) is 17.4 Å². The number of rotatable bonds is 5. The molecule has 2 aromatic rings. The number of aliphatic carboxylic acids is 1. The number of carbonyl (C=O) groups is 1. The van der Waals surface area contributed by atoms with Crippen LogP contribution in [0.5, 0.6) is 0 Å². The normalized spacial score (nSPS) is 12.3. The van der Waals surface area contributed by atoms with Crippen LogP contribution in [0.4, 0.5) is 8.78 Å². The van der Waals surface area contributed by atoms with Crippen molar-refractivity contribution in [2.45, 2.75) is 12.6 Å². The highest BCUT2D eigenvalue weighted by atomic mass is 19.2. The van der Waals surface area contributed by atoms with Gasteiger partial charge in [-0.2, -0.15) is 0 Å². The molecule has 0 aliphatic rings. The minimum atomic E-state index is -1.18. The monoisotopic (exact) mass is 267 g/mol. The Morgan fingerprint density at radius 2 is 2.11 bits per heavy atom. The third-order valence-corrected chi connectivity index (χ3v) is 2.58. The number of hydrogen-bond donors (Lipinski definition) is 2. The van der Waals surface area contributed by atoms with Gasteiger partial charge in [0.2, 0.25) is 0 Å². The van der Waals surface area contributed by atoms with Crippen molar-refractivity contribution in [3.05, 3.63) is 59.6 Å². The molecule has 1 unspecified atom stereocenters. The Labute approximate surface area is 107 Å². The molecule has 0 amide bonds. The predicted octanol–water partition coefficient (Wildman–Crippen LogP) is 2.47. The molecular formula is C13H11F2NO3. The van der Waals surface area contributed by atoms with E-state index in [4.69, 9.17) is 9.52 Å². The highest BCUT2D eigenvalue weighted by Crippen LogP contribution is 2.17. The molecule has 0 aliphatic carbocycles. The van der Waals surface area contributed by atoms with Crippen LogP contribution in [0.3, 0.4) is 0 Å². The Morgan fingerprint density at radius 1 is 1.32 bits per heavy atom. The molecule has 2 N–H and O–H groups in total. The molecule has 1 aromatic heterocycles. The fourth-order valence-electron chi connectivity index (χ4n) is 1.66. The summed E-state index contributed by atoms with van der Waals surface area (Å²) < 4.78 is 31.0. The number of carboxylic acids is 1. The van der Waals surface area contributed by atoms with Gasteiger partial charge in [0.15, 0.2) is 11.6 Å². The molecule has 1 heterocycles. The number of furan rings is 1. The summed E-state index contributed by atoms with van der Waals surface area (Å²) in [5.41, 5.74) is 0.137. The lowest BCUT2D eigenvalue weighted by atomic mass is 10.1. The molecule has 0 radical (unpaired) electrons. The highest BCUT2D eigenvalue weighted by molar-refractivity contribution is 5.75. The molecule has 0 spiro atoms. The van der Waals surface area contributed by atoms with Gasteiger partial charge in [0.1, 0.15) is 11.8 Å². The van der Waals surface area contributed by atoms with Crippen LogP contribution in [0.15, 0.2) is 41.0 Å². The number of benzene rings is 1. The van der Waals surface area contributed by atoms with Crippen LogP contribution in [0.25, 0.3) is 0 Å². The van der Waals surface area contributed by atoms with E-state index in [1.54, 1.807) is 12.1 Å². The quantitative estimate of drug-likeness (QED) is 0.873. The number of carboxylic acid groups (broad SMARTS) is 1. The van der Waals surface area contributed by atoms with E-state index >= 15 is 0 Å². The maximum Gasteiger partial charge on any atom is 0.325 e. The first-order valence-corrected chi connectivity index (χ1v) is 5.51. The Kier molecular flexibility index (Phi) is 3.91. The van der Waals surface area contributed by atoms with Crippen molar-refractivity contribution in [1.29, 1.82) is 0 Å². The fourth-order valence-corrected chi connectivity index (χ4v) is 1.66. The molecule has 1 aromatic carbocycles. The largest absolute Gasteiger partial charge is 0.480 e. The third kappa shape index (κ3) is 3.17. The Bertz CT molecular complexity index is 569. The maximum absolute atomic E-state index is 13.1. The van der Waals surface area contributed by atoms with Gasteiger partial charge in [0, 0.05) is 0 Å². The molecule has 0 saturated heterocycles.